The van der Waals surface area contributed by atoms with Crippen LogP contribution in [0, 0.1) is 0 Å². The van der Waals surface area contributed by atoms with Crippen LogP contribution < -0.4 is 15.4 Å². The molecule has 0 unspecified atom stereocenters. The monoisotopic (exact) mass is 382 g/mol. The van der Waals surface area contributed by atoms with Gasteiger partial charge >= 0.3 is 0 Å². The summed E-state index contributed by atoms with van der Waals surface area (Å²) >= 11 is 1.28. The molecule has 1 aromatic heterocycles. The number of rotatable bonds is 6. The number of hydrogen-bond donors (Lipinski definition) is 2. The zero-order valence-corrected chi connectivity index (χ0v) is 15.7. The van der Waals surface area contributed by atoms with Gasteiger partial charge in [-0.1, -0.05) is 24.3 Å². The zero-order valence-electron chi connectivity index (χ0n) is 14.9. The zero-order chi connectivity index (χ0) is 19.2. The van der Waals surface area contributed by atoms with Crippen molar-refractivity contribution in [2.24, 2.45) is 0 Å². The minimum absolute atomic E-state index is 0.110. The minimum Gasteiger partial charge on any atom is -0.497 e. The number of nitrogens with one attached hydrogen (secondary N) is 2. The van der Waals surface area contributed by atoms with E-state index < -0.39 is 0 Å². The molecule has 7 nitrogen and oxygen atoms in total. The van der Waals surface area contributed by atoms with Gasteiger partial charge in [-0.05, 0) is 42.5 Å². The second kappa shape index (κ2) is 8.41. The number of nitrogens with zero attached hydrogens (tertiary/aromatic N) is 2. The van der Waals surface area contributed by atoms with E-state index in [1.54, 1.807) is 38.3 Å². The van der Waals surface area contributed by atoms with Crippen LogP contribution in [0.5, 0.6) is 5.75 Å². The maximum atomic E-state index is 12.4. The number of methoxy groups -OCH3 is 1. The lowest BCUT2D eigenvalue weighted by atomic mass is 10.2. The number of amides is 2. The van der Waals surface area contributed by atoms with Crippen LogP contribution in [0.25, 0.3) is 10.6 Å². The van der Waals surface area contributed by atoms with Crippen LogP contribution in [0.1, 0.15) is 23.7 Å². The third-order valence-electron chi connectivity index (χ3n) is 3.71. The van der Waals surface area contributed by atoms with Crippen LogP contribution >= 0.6 is 11.3 Å². The minimum atomic E-state index is -0.319. The highest BCUT2D eigenvalue weighted by Crippen LogP contribution is 2.28. The Morgan fingerprint density at radius 3 is 2.56 bits per heavy atom. The molecule has 8 heteroatoms. The van der Waals surface area contributed by atoms with Gasteiger partial charge in [-0.3, -0.25) is 14.9 Å². The fourth-order valence-electron chi connectivity index (χ4n) is 2.28. The van der Waals surface area contributed by atoms with Crippen LogP contribution in [0.15, 0.2) is 48.5 Å². The molecular weight excluding hydrogens is 364 g/mol. The van der Waals surface area contributed by atoms with Crippen molar-refractivity contribution in [3.8, 4) is 16.3 Å². The van der Waals surface area contributed by atoms with Crippen LogP contribution in [-0.4, -0.2) is 29.1 Å². The standard InChI is InChI=1S/C19H18N4O3S/c1-3-16(24)20-14-6-4-5-13(11-14)17(25)21-19-23-22-18(27-19)12-7-9-15(26-2)10-8-12/h4-11H,3H2,1-2H3,(H,20,24)(H,21,23,25). The summed E-state index contributed by atoms with van der Waals surface area (Å²) in [7, 11) is 1.61. The van der Waals surface area contributed by atoms with E-state index in [-0.39, 0.29) is 11.8 Å². The highest BCUT2D eigenvalue weighted by Gasteiger charge is 2.12. The van der Waals surface area contributed by atoms with Crippen LogP contribution in [0.4, 0.5) is 10.8 Å². The molecule has 0 aliphatic carbocycles. The fourth-order valence-corrected chi connectivity index (χ4v) is 3.02. The van der Waals surface area contributed by atoms with Gasteiger partial charge in [0.2, 0.25) is 11.0 Å². The van der Waals surface area contributed by atoms with E-state index in [0.717, 1.165) is 11.3 Å². The van der Waals surface area contributed by atoms with Gasteiger partial charge in [0.05, 0.1) is 7.11 Å². The summed E-state index contributed by atoms with van der Waals surface area (Å²) in [5.41, 5.74) is 1.88. The molecule has 0 fully saturated rings. The van der Waals surface area contributed by atoms with E-state index in [2.05, 4.69) is 20.8 Å². The van der Waals surface area contributed by atoms with Gasteiger partial charge in [0, 0.05) is 23.2 Å². The molecule has 0 aliphatic heterocycles. The van der Waals surface area contributed by atoms with E-state index in [1.165, 1.54) is 11.3 Å². The normalized spacial score (nSPS) is 10.3. The summed E-state index contributed by atoms with van der Waals surface area (Å²) in [6, 6.07) is 14.2. The van der Waals surface area contributed by atoms with E-state index >= 15 is 0 Å². The van der Waals surface area contributed by atoms with Crippen LogP contribution in [0.3, 0.4) is 0 Å². The lowest BCUT2D eigenvalue weighted by molar-refractivity contribution is -0.115. The molecule has 138 valence electrons. The molecule has 0 bridgehead atoms. The quantitative estimate of drug-likeness (QED) is 0.676. The fraction of sp³-hybridized carbons (Fsp3) is 0.158. The Morgan fingerprint density at radius 1 is 1.07 bits per heavy atom. The van der Waals surface area contributed by atoms with Crippen molar-refractivity contribution in [3.05, 3.63) is 54.1 Å². The second-order valence-corrected chi connectivity index (χ2v) is 6.56. The molecule has 3 aromatic rings. The number of ether oxygens (including phenoxy) is 1. The van der Waals surface area contributed by atoms with Gasteiger partial charge in [-0.25, -0.2) is 0 Å². The molecule has 1 heterocycles. The molecule has 3 rings (SSSR count). The molecule has 0 saturated carbocycles. The Morgan fingerprint density at radius 2 is 1.85 bits per heavy atom. The third-order valence-corrected chi connectivity index (χ3v) is 4.60. The number of benzene rings is 2. The molecule has 0 atom stereocenters. The predicted octanol–water partition coefficient (Wildman–Crippen LogP) is 3.81. The van der Waals surface area contributed by atoms with Gasteiger partial charge < -0.3 is 10.1 Å². The molecule has 2 N–H and O–H groups in total. The summed E-state index contributed by atoms with van der Waals surface area (Å²) in [6.45, 7) is 1.77. The highest BCUT2D eigenvalue weighted by molar-refractivity contribution is 7.18. The van der Waals surface area contributed by atoms with Crippen LogP contribution in [0.2, 0.25) is 0 Å². The molecule has 0 radical (unpaired) electrons. The molecule has 0 aliphatic rings. The van der Waals surface area contributed by atoms with Crippen molar-refractivity contribution in [2.75, 3.05) is 17.7 Å². The topological polar surface area (TPSA) is 93.2 Å². The number of carbonyl (C=O) groups excluding carboxylic acids is 2. The number of hydrogen-bond acceptors (Lipinski definition) is 6. The Hall–Kier alpha value is -3.26. The highest BCUT2D eigenvalue weighted by atomic mass is 32.1. The van der Waals surface area contributed by atoms with Crippen molar-refractivity contribution < 1.29 is 14.3 Å². The van der Waals surface area contributed by atoms with Crippen molar-refractivity contribution in [3.63, 3.8) is 0 Å². The summed E-state index contributed by atoms with van der Waals surface area (Å²) in [5, 5.41) is 14.7. The smallest absolute Gasteiger partial charge is 0.257 e. The second-order valence-electron chi connectivity index (χ2n) is 5.58. The third kappa shape index (κ3) is 4.68. The Balaban J connectivity index is 1.70. The molecular formula is C19H18N4O3S. The first kappa shape index (κ1) is 18.5. The first-order valence-electron chi connectivity index (χ1n) is 8.28. The van der Waals surface area contributed by atoms with Gasteiger partial charge in [0.1, 0.15) is 10.8 Å². The van der Waals surface area contributed by atoms with Crippen LogP contribution in [-0.2, 0) is 4.79 Å². The number of anilines is 2. The summed E-state index contributed by atoms with van der Waals surface area (Å²) < 4.78 is 5.14. The average Bonchev–Trinajstić information content (AvgIpc) is 3.16. The lowest BCUT2D eigenvalue weighted by Crippen LogP contribution is -2.13. The van der Waals surface area contributed by atoms with E-state index in [1.807, 2.05) is 24.3 Å². The number of aromatic nitrogens is 2. The van der Waals surface area contributed by atoms with E-state index in [9.17, 15) is 9.59 Å². The molecule has 2 aromatic carbocycles. The largest absolute Gasteiger partial charge is 0.497 e. The van der Waals surface area contributed by atoms with Gasteiger partial charge in [-0.2, -0.15) is 0 Å². The first-order chi connectivity index (χ1) is 13.1. The van der Waals surface area contributed by atoms with Gasteiger partial charge in [-0.15, -0.1) is 10.2 Å². The average molecular weight is 382 g/mol. The van der Waals surface area contributed by atoms with E-state index in [0.29, 0.717) is 27.8 Å². The molecule has 0 spiro atoms. The SMILES string of the molecule is CCC(=O)Nc1cccc(C(=O)Nc2nnc(-c3ccc(OC)cc3)s2)c1. The van der Waals surface area contributed by atoms with Crippen molar-refractivity contribution in [2.45, 2.75) is 13.3 Å². The Labute approximate surface area is 160 Å². The van der Waals surface area contributed by atoms with E-state index in [4.69, 9.17) is 4.74 Å². The number of carbonyl (C=O) groups is 2. The first-order valence-corrected chi connectivity index (χ1v) is 9.10. The van der Waals surface area contributed by atoms with Gasteiger partial charge in [0.15, 0.2) is 0 Å². The molecule has 27 heavy (non-hydrogen) atoms. The van der Waals surface area contributed by atoms with Crippen molar-refractivity contribution in [1.82, 2.24) is 10.2 Å². The lowest BCUT2D eigenvalue weighted by Gasteiger charge is -2.06. The Bertz CT molecular complexity index is 954. The maximum absolute atomic E-state index is 12.4. The van der Waals surface area contributed by atoms with Crippen molar-refractivity contribution in [1.29, 1.82) is 0 Å². The Kier molecular flexibility index (Phi) is 5.77. The van der Waals surface area contributed by atoms with Gasteiger partial charge in [0.25, 0.3) is 5.91 Å². The summed E-state index contributed by atoms with van der Waals surface area (Å²) in [6.07, 6.45) is 0.370. The predicted molar refractivity (Wildman–Crippen MR) is 105 cm³/mol. The maximum Gasteiger partial charge on any atom is 0.257 e. The molecule has 2 amide bonds. The van der Waals surface area contributed by atoms with Crippen molar-refractivity contribution >= 4 is 34.0 Å². The molecule has 0 saturated heterocycles. The summed E-state index contributed by atoms with van der Waals surface area (Å²) in [5.74, 6) is 0.327. The summed E-state index contributed by atoms with van der Waals surface area (Å²) in [4.78, 5) is 23.9.